The number of Topliss-reactive ketones (excluding diaryl/α,β-unsaturated/α-hetero) is 1. The largest absolute Gasteiger partial charge is 0.507 e. The molecule has 186 valence electrons. The highest BCUT2D eigenvalue weighted by molar-refractivity contribution is 6.46. The van der Waals surface area contributed by atoms with Gasteiger partial charge in [-0.15, -0.1) is 0 Å². The van der Waals surface area contributed by atoms with Crippen LogP contribution in [0.15, 0.2) is 84.6 Å². The zero-order chi connectivity index (χ0) is 26.5. The number of para-hydroxylation sites is 1. The van der Waals surface area contributed by atoms with E-state index in [2.05, 4.69) is 4.98 Å². The molecule has 1 aliphatic rings. The first kappa shape index (κ1) is 25.4. The molecule has 2 N–H and O–H groups in total. The van der Waals surface area contributed by atoms with Gasteiger partial charge in [-0.2, -0.15) is 9.59 Å². The fraction of sp³-hybridized carbons (Fsp3) is 0.167. The molecule has 5 rings (SSSR count). The average Bonchev–Trinajstić information content (AvgIpc) is 3.42. The Morgan fingerprint density at radius 2 is 1.59 bits per heavy atom. The fourth-order valence-corrected chi connectivity index (χ4v) is 4.77. The van der Waals surface area contributed by atoms with Crippen molar-refractivity contribution in [1.29, 1.82) is 0 Å². The molecule has 0 saturated carbocycles. The van der Waals surface area contributed by atoms with Gasteiger partial charge in [0.2, 0.25) is 0 Å². The minimum Gasteiger partial charge on any atom is -0.507 e. The summed E-state index contributed by atoms with van der Waals surface area (Å²) >= 11 is 0. The Bertz CT molecular complexity index is 1530. The number of fused-ring (bicyclic) bond motifs is 1. The second kappa shape index (κ2) is 10.9. The van der Waals surface area contributed by atoms with Gasteiger partial charge < -0.3 is 15.0 Å². The Morgan fingerprint density at radius 1 is 0.946 bits per heavy atom. The summed E-state index contributed by atoms with van der Waals surface area (Å²) in [6.45, 7) is 4.23. The predicted molar refractivity (Wildman–Crippen MR) is 138 cm³/mol. The highest BCUT2D eigenvalue weighted by Crippen LogP contribution is 2.40. The number of aromatic nitrogens is 1. The molecule has 0 aliphatic carbocycles. The average molecular weight is 495 g/mol. The second-order valence-corrected chi connectivity index (χ2v) is 8.91. The van der Waals surface area contributed by atoms with E-state index >= 15 is 0 Å². The van der Waals surface area contributed by atoms with Crippen molar-refractivity contribution < 1.29 is 24.3 Å². The monoisotopic (exact) mass is 494 g/mol. The molecule has 7 nitrogen and oxygen atoms in total. The van der Waals surface area contributed by atoms with Crippen LogP contribution < -0.4 is 0 Å². The molecule has 0 bridgehead atoms. The lowest BCUT2D eigenvalue weighted by Gasteiger charge is -2.25. The highest BCUT2D eigenvalue weighted by atomic mass is 16.3. The molecule has 1 aromatic heterocycles. The third-order valence-corrected chi connectivity index (χ3v) is 6.63. The van der Waals surface area contributed by atoms with Crippen LogP contribution in [0.1, 0.15) is 33.9 Å². The number of benzene rings is 3. The topological polar surface area (TPSA) is 108 Å². The molecule has 1 atom stereocenters. The summed E-state index contributed by atoms with van der Waals surface area (Å²) < 4.78 is 0. The van der Waals surface area contributed by atoms with E-state index < -0.39 is 17.7 Å². The first-order valence-corrected chi connectivity index (χ1v) is 11.8. The first-order chi connectivity index (χ1) is 17.9. The van der Waals surface area contributed by atoms with Crippen LogP contribution in [0.5, 0.6) is 0 Å². The van der Waals surface area contributed by atoms with E-state index in [0.717, 1.165) is 33.2 Å². The van der Waals surface area contributed by atoms with Gasteiger partial charge in [-0.3, -0.25) is 9.59 Å². The van der Waals surface area contributed by atoms with Gasteiger partial charge in [0.1, 0.15) is 5.76 Å². The van der Waals surface area contributed by atoms with Crippen molar-refractivity contribution in [2.75, 3.05) is 6.54 Å². The number of carbonyl (C=O) groups excluding carboxylic acids is 4. The van der Waals surface area contributed by atoms with Crippen LogP contribution in [0.25, 0.3) is 16.7 Å². The van der Waals surface area contributed by atoms with Crippen molar-refractivity contribution in [3.8, 4) is 0 Å². The highest BCUT2D eigenvalue weighted by Gasteiger charge is 2.46. The van der Waals surface area contributed by atoms with Crippen LogP contribution in [0, 0.1) is 13.8 Å². The van der Waals surface area contributed by atoms with E-state index in [1.807, 2.05) is 86.8 Å². The van der Waals surface area contributed by atoms with Crippen molar-refractivity contribution in [2.24, 2.45) is 0 Å². The number of aliphatic hydroxyl groups is 1. The van der Waals surface area contributed by atoms with Crippen LogP contribution in [0.4, 0.5) is 0 Å². The van der Waals surface area contributed by atoms with Gasteiger partial charge in [0, 0.05) is 29.2 Å². The van der Waals surface area contributed by atoms with E-state index in [0.29, 0.717) is 18.5 Å². The predicted octanol–water partition coefficient (Wildman–Crippen LogP) is 4.87. The summed E-state index contributed by atoms with van der Waals surface area (Å²) in [6, 6.07) is 22.5. The van der Waals surface area contributed by atoms with Crippen molar-refractivity contribution in [2.45, 2.75) is 26.3 Å². The molecule has 1 aliphatic heterocycles. The summed E-state index contributed by atoms with van der Waals surface area (Å²) in [5.41, 5.74) is 5.55. The molecule has 1 amide bonds. The summed E-state index contributed by atoms with van der Waals surface area (Å²) in [5, 5.41) is 12.4. The summed E-state index contributed by atoms with van der Waals surface area (Å²) in [7, 11) is 0. The molecule has 1 fully saturated rings. The van der Waals surface area contributed by atoms with E-state index in [1.54, 1.807) is 11.0 Å². The molecular weight excluding hydrogens is 468 g/mol. The molecule has 0 radical (unpaired) electrons. The lowest BCUT2D eigenvalue weighted by atomic mass is 9.93. The molecule has 1 saturated heterocycles. The zero-order valence-electron chi connectivity index (χ0n) is 20.5. The Morgan fingerprint density at radius 3 is 2.30 bits per heavy atom. The number of aryl methyl sites for hydroxylation is 2. The number of amides is 1. The molecule has 2 heterocycles. The standard InChI is InChI=1S/C29H26N2O3.CO2/c1-18-11-13-20(14-12-18)26-25(27(32)22-8-4-3-7-19(22)2)28(33)29(34)31(26)16-15-21-17-30-24-10-6-5-9-23(21)24;2-1-3/h3-14,17,26,30,32H,15-16H2,1-2H3;. The molecule has 4 aromatic rings. The number of hydrogen-bond acceptors (Lipinski definition) is 5. The summed E-state index contributed by atoms with van der Waals surface area (Å²) in [6.07, 6.45) is 2.79. The van der Waals surface area contributed by atoms with Gasteiger partial charge in [0.25, 0.3) is 11.7 Å². The Balaban J connectivity index is 0.00000102. The van der Waals surface area contributed by atoms with Crippen LogP contribution in [0.3, 0.4) is 0 Å². The lowest BCUT2D eigenvalue weighted by molar-refractivity contribution is -0.191. The molecule has 3 aromatic carbocycles. The van der Waals surface area contributed by atoms with E-state index in [4.69, 9.17) is 9.59 Å². The first-order valence-electron chi connectivity index (χ1n) is 11.8. The maximum atomic E-state index is 13.3. The molecule has 37 heavy (non-hydrogen) atoms. The van der Waals surface area contributed by atoms with Crippen molar-refractivity contribution in [3.63, 3.8) is 0 Å². The Labute approximate surface area is 214 Å². The number of nitrogens with one attached hydrogen (secondary N) is 1. The number of likely N-dealkylation sites (tertiary alicyclic amines) is 1. The minimum atomic E-state index is -0.648. The summed E-state index contributed by atoms with van der Waals surface area (Å²) in [5.74, 6) is -1.36. The number of ketones is 1. The Hall–Kier alpha value is -4.74. The van der Waals surface area contributed by atoms with E-state index in [-0.39, 0.29) is 17.5 Å². The van der Waals surface area contributed by atoms with Crippen LogP contribution in [-0.4, -0.2) is 39.4 Å². The van der Waals surface area contributed by atoms with Gasteiger partial charge in [-0.25, -0.2) is 0 Å². The van der Waals surface area contributed by atoms with Gasteiger partial charge >= 0.3 is 6.15 Å². The molecular formula is C30H26N2O5. The van der Waals surface area contributed by atoms with E-state index in [9.17, 15) is 14.7 Å². The fourth-order valence-electron chi connectivity index (χ4n) is 4.77. The molecule has 7 heteroatoms. The number of carbonyl (C=O) groups is 2. The lowest BCUT2D eigenvalue weighted by Crippen LogP contribution is -2.31. The van der Waals surface area contributed by atoms with E-state index in [1.165, 1.54) is 0 Å². The Kier molecular flexibility index (Phi) is 7.47. The van der Waals surface area contributed by atoms with Gasteiger partial charge in [-0.1, -0.05) is 72.3 Å². The number of rotatable bonds is 5. The third-order valence-electron chi connectivity index (χ3n) is 6.63. The van der Waals surface area contributed by atoms with Crippen molar-refractivity contribution >= 4 is 34.5 Å². The third kappa shape index (κ3) is 4.99. The number of aliphatic hydroxyl groups excluding tert-OH is 1. The smallest absolute Gasteiger partial charge is 0.373 e. The number of aromatic amines is 1. The van der Waals surface area contributed by atoms with Crippen LogP contribution >= 0.6 is 0 Å². The normalized spacial score (nSPS) is 16.4. The van der Waals surface area contributed by atoms with Gasteiger partial charge in [-0.05, 0) is 43.0 Å². The van der Waals surface area contributed by atoms with Crippen LogP contribution in [0.2, 0.25) is 0 Å². The molecule has 1 unspecified atom stereocenters. The SMILES string of the molecule is Cc1ccc(C2C(=C(O)c3ccccc3C)C(=O)C(=O)N2CCc2c[nH]c3ccccc23)cc1.O=C=O. The minimum absolute atomic E-state index is 0.128. The summed E-state index contributed by atoms with van der Waals surface area (Å²) in [4.78, 5) is 47.6. The van der Waals surface area contributed by atoms with Crippen molar-refractivity contribution in [3.05, 3.63) is 112 Å². The van der Waals surface area contributed by atoms with Gasteiger partial charge in [0.15, 0.2) is 0 Å². The van der Waals surface area contributed by atoms with Crippen molar-refractivity contribution in [1.82, 2.24) is 9.88 Å². The van der Waals surface area contributed by atoms with Crippen LogP contribution in [-0.2, 0) is 25.6 Å². The maximum absolute atomic E-state index is 13.3. The number of nitrogens with zero attached hydrogens (tertiary/aromatic N) is 1. The molecule has 0 spiro atoms. The quantitative estimate of drug-likeness (QED) is 0.234. The zero-order valence-corrected chi connectivity index (χ0v) is 20.5. The maximum Gasteiger partial charge on any atom is 0.373 e. The second-order valence-electron chi connectivity index (χ2n) is 8.91. The number of hydrogen-bond donors (Lipinski definition) is 2. The number of H-pyrrole nitrogens is 1. The van der Waals surface area contributed by atoms with Gasteiger partial charge in [0.05, 0.1) is 11.6 Å².